The zero-order chi connectivity index (χ0) is 24.2. The van der Waals surface area contributed by atoms with Gasteiger partial charge in [0.25, 0.3) is 0 Å². The molecule has 1 nitrogen and oxygen atoms in total. The number of benzene rings is 2. The van der Waals surface area contributed by atoms with Crippen molar-refractivity contribution in [3.63, 3.8) is 0 Å². The van der Waals surface area contributed by atoms with Gasteiger partial charge < -0.3 is 0 Å². The first kappa shape index (κ1) is 30.8. The van der Waals surface area contributed by atoms with Crippen molar-refractivity contribution < 1.29 is 0 Å². The molecule has 0 spiro atoms. The van der Waals surface area contributed by atoms with Gasteiger partial charge in [-0.2, -0.15) is 0 Å². The van der Waals surface area contributed by atoms with Crippen molar-refractivity contribution >= 4 is 0 Å². The molecule has 172 valence electrons. The molecule has 0 fully saturated rings. The maximum Gasteiger partial charge on any atom is 0.0482 e. The fourth-order valence-electron chi connectivity index (χ4n) is 2.97. The lowest BCUT2D eigenvalue weighted by atomic mass is 9.95. The summed E-state index contributed by atoms with van der Waals surface area (Å²) in [6.45, 7) is 22.6. The monoisotopic (exact) mass is 421 g/mol. The third-order valence-corrected chi connectivity index (χ3v) is 4.69. The van der Waals surface area contributed by atoms with Crippen molar-refractivity contribution in [3.8, 4) is 0 Å². The highest BCUT2D eigenvalue weighted by atomic mass is 14.7. The molecule has 2 aromatic carbocycles. The largest absolute Gasteiger partial charge is 0.257 e. The van der Waals surface area contributed by atoms with Gasteiger partial charge in [0, 0.05) is 24.2 Å². The molecule has 0 aliphatic rings. The second kappa shape index (κ2) is 19.5. The molecular formula is C30H47N. The van der Waals surface area contributed by atoms with Crippen LogP contribution in [0, 0.1) is 20.8 Å². The van der Waals surface area contributed by atoms with E-state index < -0.39 is 0 Å². The Morgan fingerprint density at radius 2 is 0.742 bits per heavy atom. The summed E-state index contributed by atoms with van der Waals surface area (Å²) in [5.74, 6) is 0. The van der Waals surface area contributed by atoms with Crippen molar-refractivity contribution in [2.45, 2.75) is 89.0 Å². The van der Waals surface area contributed by atoms with Gasteiger partial charge in [0.1, 0.15) is 0 Å². The number of rotatable bonds is 4. The van der Waals surface area contributed by atoms with E-state index >= 15 is 0 Å². The quantitative estimate of drug-likeness (QED) is 0.409. The van der Waals surface area contributed by atoms with E-state index in [-0.39, 0.29) is 0 Å². The fourth-order valence-corrected chi connectivity index (χ4v) is 2.97. The van der Waals surface area contributed by atoms with Gasteiger partial charge in [-0.15, -0.1) is 0 Å². The van der Waals surface area contributed by atoms with Crippen molar-refractivity contribution in [1.29, 1.82) is 0 Å². The zero-order valence-electron chi connectivity index (χ0n) is 22.1. The standard InChI is InChI=1S/C22H23N.4C2H6/c1-16-17(2)21(14-19-10-6-4-7-11-19)23-22(18(16)3)15-20-12-8-5-9-13-20;4*1-2/h4-13H,14-15H2,1-3H3;4*1-2H3. The lowest BCUT2D eigenvalue weighted by Crippen LogP contribution is -2.06. The van der Waals surface area contributed by atoms with Crippen LogP contribution in [0.5, 0.6) is 0 Å². The molecule has 1 heteroatoms. The first-order chi connectivity index (χ1) is 15.1. The number of pyridine rings is 1. The summed E-state index contributed by atoms with van der Waals surface area (Å²) in [5.41, 5.74) is 9.05. The molecule has 0 unspecified atom stereocenters. The molecule has 3 aromatic rings. The van der Waals surface area contributed by atoms with Gasteiger partial charge >= 0.3 is 0 Å². The predicted molar refractivity (Wildman–Crippen MR) is 142 cm³/mol. The Kier molecular flexibility index (Phi) is 19.4. The summed E-state index contributed by atoms with van der Waals surface area (Å²) in [6.07, 6.45) is 1.80. The minimum atomic E-state index is 0.898. The topological polar surface area (TPSA) is 12.9 Å². The predicted octanol–water partition coefficient (Wildman–Crippen LogP) is 9.29. The summed E-state index contributed by atoms with van der Waals surface area (Å²) in [4.78, 5) is 5.02. The van der Waals surface area contributed by atoms with Crippen molar-refractivity contribution in [2.75, 3.05) is 0 Å². The second-order valence-electron chi connectivity index (χ2n) is 6.20. The zero-order valence-corrected chi connectivity index (χ0v) is 22.1. The molecule has 0 N–H and O–H groups in total. The normalized spacial score (nSPS) is 8.74. The van der Waals surface area contributed by atoms with Crippen molar-refractivity contribution in [1.82, 2.24) is 4.98 Å². The Morgan fingerprint density at radius 3 is 1.03 bits per heavy atom. The van der Waals surface area contributed by atoms with Gasteiger partial charge in [0.15, 0.2) is 0 Å². The number of hydrogen-bond donors (Lipinski definition) is 0. The van der Waals surface area contributed by atoms with Gasteiger partial charge in [-0.1, -0.05) is 116 Å². The maximum atomic E-state index is 5.02. The van der Waals surface area contributed by atoms with E-state index in [0.717, 1.165) is 12.8 Å². The molecule has 1 aromatic heterocycles. The Bertz CT molecular complexity index is 724. The van der Waals surface area contributed by atoms with E-state index in [4.69, 9.17) is 4.98 Å². The van der Waals surface area contributed by atoms with Crippen LogP contribution < -0.4 is 0 Å². The van der Waals surface area contributed by atoms with E-state index in [2.05, 4.69) is 81.4 Å². The summed E-state index contributed by atoms with van der Waals surface area (Å²) < 4.78 is 0. The molecule has 0 atom stereocenters. The molecule has 0 radical (unpaired) electrons. The first-order valence-corrected chi connectivity index (χ1v) is 12.2. The van der Waals surface area contributed by atoms with Crippen LogP contribution in [-0.2, 0) is 12.8 Å². The average molecular weight is 422 g/mol. The van der Waals surface area contributed by atoms with Gasteiger partial charge in [0.2, 0.25) is 0 Å². The fraction of sp³-hybridized carbons (Fsp3) is 0.433. The van der Waals surface area contributed by atoms with E-state index in [0.29, 0.717) is 0 Å². The van der Waals surface area contributed by atoms with Crippen molar-refractivity contribution in [2.24, 2.45) is 0 Å². The van der Waals surface area contributed by atoms with Crippen LogP contribution in [0.2, 0.25) is 0 Å². The molecule has 0 saturated heterocycles. The molecule has 31 heavy (non-hydrogen) atoms. The summed E-state index contributed by atoms with van der Waals surface area (Å²) in [6, 6.07) is 21.2. The van der Waals surface area contributed by atoms with Crippen LogP contribution in [0.25, 0.3) is 0 Å². The molecule has 0 saturated carbocycles. The van der Waals surface area contributed by atoms with Gasteiger partial charge in [-0.3, -0.25) is 4.98 Å². The molecular weight excluding hydrogens is 374 g/mol. The molecule has 3 rings (SSSR count). The number of hydrogen-bond acceptors (Lipinski definition) is 1. The smallest absolute Gasteiger partial charge is 0.0482 e. The third kappa shape index (κ3) is 10.4. The van der Waals surface area contributed by atoms with Gasteiger partial charge in [-0.05, 0) is 48.6 Å². The minimum absolute atomic E-state index is 0.898. The van der Waals surface area contributed by atoms with Crippen LogP contribution in [0.15, 0.2) is 60.7 Å². The highest BCUT2D eigenvalue weighted by Crippen LogP contribution is 2.23. The summed E-state index contributed by atoms with van der Waals surface area (Å²) in [5, 5.41) is 0. The van der Waals surface area contributed by atoms with E-state index in [9.17, 15) is 0 Å². The van der Waals surface area contributed by atoms with Gasteiger partial charge in [-0.25, -0.2) is 0 Å². The lowest BCUT2D eigenvalue weighted by Gasteiger charge is -2.15. The molecule has 0 bridgehead atoms. The highest BCUT2D eigenvalue weighted by Gasteiger charge is 2.12. The SMILES string of the molecule is CC.CC.CC.CC.Cc1c(Cc2ccccc2)nc(Cc2ccccc2)c(C)c1C. The number of nitrogens with zero attached hydrogens (tertiary/aromatic N) is 1. The Balaban J connectivity index is 0. The van der Waals surface area contributed by atoms with Crippen molar-refractivity contribution in [3.05, 3.63) is 99.9 Å². The molecule has 1 heterocycles. The number of aromatic nitrogens is 1. The summed E-state index contributed by atoms with van der Waals surface area (Å²) in [7, 11) is 0. The van der Waals surface area contributed by atoms with Gasteiger partial charge in [0.05, 0.1) is 0 Å². The Morgan fingerprint density at radius 1 is 0.452 bits per heavy atom. The maximum absolute atomic E-state index is 5.02. The van der Waals surface area contributed by atoms with Crippen LogP contribution >= 0.6 is 0 Å². The third-order valence-electron chi connectivity index (χ3n) is 4.69. The summed E-state index contributed by atoms with van der Waals surface area (Å²) >= 11 is 0. The lowest BCUT2D eigenvalue weighted by molar-refractivity contribution is 0.939. The average Bonchev–Trinajstić information content (AvgIpc) is 2.87. The van der Waals surface area contributed by atoms with E-state index in [1.54, 1.807) is 0 Å². The Labute approximate surface area is 194 Å². The second-order valence-corrected chi connectivity index (χ2v) is 6.20. The van der Waals surface area contributed by atoms with E-state index in [1.807, 2.05) is 55.4 Å². The molecule has 0 aliphatic carbocycles. The van der Waals surface area contributed by atoms with Crippen LogP contribution in [-0.4, -0.2) is 4.98 Å². The van der Waals surface area contributed by atoms with Crippen LogP contribution in [0.1, 0.15) is 94.6 Å². The van der Waals surface area contributed by atoms with Crippen LogP contribution in [0.3, 0.4) is 0 Å². The Hall–Kier alpha value is -2.41. The molecule has 0 amide bonds. The van der Waals surface area contributed by atoms with E-state index in [1.165, 1.54) is 39.2 Å². The first-order valence-electron chi connectivity index (χ1n) is 12.2. The minimum Gasteiger partial charge on any atom is -0.257 e. The molecule has 0 aliphatic heterocycles. The highest BCUT2D eigenvalue weighted by molar-refractivity contribution is 5.41. The van der Waals surface area contributed by atoms with Crippen LogP contribution in [0.4, 0.5) is 0 Å².